The van der Waals surface area contributed by atoms with E-state index in [1.165, 1.54) is 24.4 Å². The lowest BCUT2D eigenvalue weighted by molar-refractivity contribution is 1.70. The zero-order chi connectivity index (χ0) is 19.4. The standard InChI is InChI=1S/C23H22PS4/c1-25-21-22(26-2)28-23(27-21)24(18-12-6-3-7-13-18,19-14-8-4-9-15-19)20-16-10-5-11-17-20/h3-17,23H,1-2H3/q+1. The largest absolute Gasteiger partial charge is 0.184 e. The Balaban J connectivity index is 1.98. The third-order valence-corrected chi connectivity index (χ3v) is 16.3. The van der Waals surface area contributed by atoms with Crippen LogP contribution in [0, 0.1) is 0 Å². The number of rotatable bonds is 6. The lowest BCUT2D eigenvalue weighted by Crippen LogP contribution is -2.35. The van der Waals surface area contributed by atoms with E-state index in [9.17, 15) is 0 Å². The van der Waals surface area contributed by atoms with Crippen LogP contribution in [0.3, 0.4) is 0 Å². The summed E-state index contributed by atoms with van der Waals surface area (Å²) in [4.78, 5) is 0. The van der Waals surface area contributed by atoms with E-state index in [1.807, 2.05) is 23.5 Å². The molecule has 0 amide bonds. The molecule has 0 bridgehead atoms. The molecule has 0 nitrogen and oxygen atoms in total. The van der Waals surface area contributed by atoms with Crippen molar-refractivity contribution in [2.45, 2.75) is 4.32 Å². The maximum absolute atomic E-state index is 2.34. The highest BCUT2D eigenvalue weighted by atomic mass is 32.3. The Kier molecular flexibility index (Phi) is 6.85. The molecule has 0 unspecified atom stereocenters. The van der Waals surface area contributed by atoms with Crippen molar-refractivity contribution in [2.24, 2.45) is 0 Å². The maximum atomic E-state index is 2.34. The van der Waals surface area contributed by atoms with Gasteiger partial charge in [0.15, 0.2) is 4.32 Å². The monoisotopic (exact) mass is 457 g/mol. The van der Waals surface area contributed by atoms with Crippen molar-refractivity contribution in [1.82, 2.24) is 0 Å². The Morgan fingerprint density at radius 2 is 0.893 bits per heavy atom. The number of benzene rings is 3. The number of hydrogen-bond donors (Lipinski definition) is 0. The van der Waals surface area contributed by atoms with Crippen LogP contribution in [-0.4, -0.2) is 16.8 Å². The average molecular weight is 458 g/mol. The second-order valence-electron chi connectivity index (χ2n) is 6.26. The van der Waals surface area contributed by atoms with Gasteiger partial charge in [-0.05, 0) is 48.9 Å². The molecule has 3 aromatic carbocycles. The molecule has 1 heterocycles. The molecule has 28 heavy (non-hydrogen) atoms. The van der Waals surface area contributed by atoms with Crippen molar-refractivity contribution in [3.05, 3.63) is 99.5 Å². The minimum absolute atomic E-state index is 0.449. The smallest absolute Gasteiger partial charge is 0.121 e. The van der Waals surface area contributed by atoms with Crippen LogP contribution in [0.1, 0.15) is 0 Å². The molecule has 4 rings (SSSR count). The summed E-state index contributed by atoms with van der Waals surface area (Å²) < 4.78 is 3.38. The summed E-state index contributed by atoms with van der Waals surface area (Å²) in [6.07, 6.45) is 4.41. The molecular formula is C23H22PS4+. The second-order valence-corrected chi connectivity index (χ2v) is 15.1. The number of thioether (sulfide) groups is 4. The van der Waals surface area contributed by atoms with Crippen molar-refractivity contribution in [2.75, 3.05) is 12.5 Å². The van der Waals surface area contributed by atoms with Crippen LogP contribution in [0.15, 0.2) is 99.5 Å². The molecule has 0 saturated heterocycles. The summed E-state index contributed by atoms with van der Waals surface area (Å²) in [5.41, 5.74) is 0. The molecule has 1 aliphatic rings. The molecule has 0 aliphatic carbocycles. The van der Waals surface area contributed by atoms with Crippen molar-refractivity contribution in [3.63, 3.8) is 0 Å². The molecule has 0 spiro atoms. The summed E-state index contributed by atoms with van der Waals surface area (Å²) >= 11 is 7.92. The zero-order valence-electron chi connectivity index (χ0n) is 15.8. The Hall–Kier alpha value is -0.770. The van der Waals surface area contributed by atoms with E-state index in [0.29, 0.717) is 4.32 Å². The summed E-state index contributed by atoms with van der Waals surface area (Å²) in [5, 5.41) is 4.38. The predicted molar refractivity (Wildman–Crippen MR) is 138 cm³/mol. The first-order chi connectivity index (χ1) is 13.8. The van der Waals surface area contributed by atoms with Gasteiger partial charge in [-0.2, -0.15) is 0 Å². The molecular weight excluding hydrogens is 435 g/mol. The molecule has 0 radical (unpaired) electrons. The van der Waals surface area contributed by atoms with Crippen LogP contribution in [-0.2, 0) is 0 Å². The van der Waals surface area contributed by atoms with Crippen molar-refractivity contribution >= 4 is 70.2 Å². The van der Waals surface area contributed by atoms with Crippen LogP contribution in [0.5, 0.6) is 0 Å². The van der Waals surface area contributed by atoms with Crippen molar-refractivity contribution < 1.29 is 0 Å². The molecule has 0 atom stereocenters. The summed E-state index contributed by atoms with van der Waals surface area (Å²) in [6, 6.07) is 33.6. The van der Waals surface area contributed by atoms with Crippen LogP contribution >= 0.6 is 54.3 Å². The highest BCUT2D eigenvalue weighted by Crippen LogP contribution is 2.73. The SMILES string of the molecule is CSC1=C(SC)SC([P+](c2ccccc2)(c2ccccc2)c2ccccc2)S1. The lowest BCUT2D eigenvalue weighted by Gasteiger charge is -2.31. The van der Waals surface area contributed by atoms with Gasteiger partial charge >= 0.3 is 0 Å². The van der Waals surface area contributed by atoms with Gasteiger partial charge in [-0.25, -0.2) is 0 Å². The molecule has 0 aromatic heterocycles. The highest BCUT2D eigenvalue weighted by Gasteiger charge is 2.56. The van der Waals surface area contributed by atoms with Gasteiger partial charge < -0.3 is 0 Å². The first-order valence-corrected chi connectivity index (χ1v) is 15.1. The van der Waals surface area contributed by atoms with E-state index in [2.05, 4.69) is 127 Å². The summed E-state index contributed by atoms with van der Waals surface area (Å²) in [7, 11) is -1.84. The molecule has 1 aliphatic heterocycles. The zero-order valence-corrected chi connectivity index (χ0v) is 20.0. The van der Waals surface area contributed by atoms with Gasteiger partial charge in [0.1, 0.15) is 23.2 Å². The van der Waals surface area contributed by atoms with Gasteiger partial charge in [0.05, 0.1) is 8.47 Å². The molecule has 0 N–H and O–H groups in total. The van der Waals surface area contributed by atoms with Crippen LogP contribution < -0.4 is 15.9 Å². The van der Waals surface area contributed by atoms with Gasteiger partial charge in [-0.3, -0.25) is 0 Å². The Morgan fingerprint density at radius 1 is 0.571 bits per heavy atom. The fourth-order valence-electron chi connectivity index (χ4n) is 3.53. The van der Waals surface area contributed by atoms with E-state index in [-0.39, 0.29) is 0 Å². The van der Waals surface area contributed by atoms with E-state index < -0.39 is 7.26 Å². The quantitative estimate of drug-likeness (QED) is 0.382. The van der Waals surface area contributed by atoms with Gasteiger partial charge in [0, 0.05) is 0 Å². The summed E-state index contributed by atoms with van der Waals surface area (Å²) in [5.74, 6) is 0. The maximum Gasteiger partial charge on any atom is 0.184 e. The first-order valence-electron chi connectivity index (χ1n) is 9.02. The minimum Gasteiger partial charge on any atom is -0.121 e. The van der Waals surface area contributed by atoms with Crippen molar-refractivity contribution in [1.29, 1.82) is 0 Å². The Bertz CT molecular complexity index is 829. The summed E-state index contributed by atoms with van der Waals surface area (Å²) in [6.45, 7) is 0. The average Bonchev–Trinajstić information content (AvgIpc) is 3.20. The van der Waals surface area contributed by atoms with E-state index in [1.54, 1.807) is 0 Å². The first kappa shape index (κ1) is 20.5. The Labute approximate surface area is 185 Å². The van der Waals surface area contributed by atoms with Crippen LogP contribution in [0.4, 0.5) is 0 Å². The van der Waals surface area contributed by atoms with Gasteiger partial charge in [0.25, 0.3) is 0 Å². The molecule has 3 aromatic rings. The fourth-order valence-corrected chi connectivity index (χ4v) is 16.5. The topological polar surface area (TPSA) is 0 Å². The fraction of sp³-hybridized carbons (Fsp3) is 0.130. The molecule has 142 valence electrons. The molecule has 0 saturated carbocycles. The van der Waals surface area contributed by atoms with Crippen LogP contribution in [0.2, 0.25) is 0 Å². The highest BCUT2D eigenvalue weighted by molar-refractivity contribution is 8.43. The van der Waals surface area contributed by atoms with Crippen molar-refractivity contribution in [3.8, 4) is 0 Å². The minimum atomic E-state index is -1.84. The molecule has 5 heteroatoms. The Morgan fingerprint density at radius 3 is 1.18 bits per heavy atom. The van der Waals surface area contributed by atoms with E-state index in [4.69, 9.17) is 0 Å². The second kappa shape index (κ2) is 9.36. The van der Waals surface area contributed by atoms with Gasteiger partial charge in [-0.1, -0.05) is 78.1 Å². The van der Waals surface area contributed by atoms with E-state index >= 15 is 0 Å². The van der Waals surface area contributed by atoms with E-state index in [0.717, 1.165) is 0 Å². The third kappa shape index (κ3) is 3.70. The third-order valence-electron chi connectivity index (χ3n) is 4.76. The number of hydrogen-bond acceptors (Lipinski definition) is 4. The van der Waals surface area contributed by atoms with Crippen LogP contribution in [0.25, 0.3) is 0 Å². The van der Waals surface area contributed by atoms with Gasteiger partial charge in [0.2, 0.25) is 0 Å². The molecule has 0 fully saturated rings. The lowest BCUT2D eigenvalue weighted by atomic mass is 10.4. The predicted octanol–water partition coefficient (Wildman–Crippen LogP) is 6.60. The van der Waals surface area contributed by atoms with Gasteiger partial charge in [-0.15, -0.1) is 23.5 Å². The normalized spacial score (nSPS) is 15.2.